The van der Waals surface area contributed by atoms with Crippen molar-refractivity contribution in [3.63, 3.8) is 0 Å². The number of Topliss-reactive ketones (excluding diaryl/α,β-unsaturated/α-hetero) is 1. The van der Waals surface area contributed by atoms with E-state index < -0.39 is 0 Å². The van der Waals surface area contributed by atoms with E-state index in [0.717, 1.165) is 0 Å². The van der Waals surface area contributed by atoms with E-state index in [-0.39, 0.29) is 24.5 Å². The third kappa shape index (κ3) is 5.11. The molecular weight excluding hydrogens is 365 g/mol. The van der Waals surface area contributed by atoms with Gasteiger partial charge >= 0.3 is 0 Å². The number of benzene rings is 2. The van der Waals surface area contributed by atoms with Crippen LogP contribution in [0.5, 0.6) is 11.5 Å². The van der Waals surface area contributed by atoms with Crippen LogP contribution in [0.1, 0.15) is 23.2 Å². The molecule has 2 aromatic rings. The summed E-state index contributed by atoms with van der Waals surface area (Å²) in [6, 6.07) is 9.67. The summed E-state index contributed by atoms with van der Waals surface area (Å²) in [5.41, 5.74) is 0.802. The fourth-order valence-electron chi connectivity index (χ4n) is 2.25. The van der Waals surface area contributed by atoms with Crippen LogP contribution in [0.3, 0.4) is 0 Å². The maximum atomic E-state index is 12.3. The second kappa shape index (κ2) is 8.74. The molecule has 0 fully saturated rings. The first kappa shape index (κ1) is 19.1. The fraction of sp³-hybridized carbons (Fsp3) is 0.222. The monoisotopic (exact) mass is 381 g/mol. The van der Waals surface area contributed by atoms with Gasteiger partial charge in [-0.2, -0.15) is 0 Å². The van der Waals surface area contributed by atoms with Gasteiger partial charge in [0.05, 0.1) is 25.5 Å². The Bertz CT molecular complexity index is 793. The number of rotatable bonds is 7. The van der Waals surface area contributed by atoms with Gasteiger partial charge in [-0.1, -0.05) is 23.2 Å². The van der Waals surface area contributed by atoms with Crippen molar-refractivity contribution in [3.05, 3.63) is 52.0 Å². The van der Waals surface area contributed by atoms with E-state index >= 15 is 0 Å². The predicted molar refractivity (Wildman–Crippen MR) is 98.2 cm³/mol. The van der Waals surface area contributed by atoms with Gasteiger partial charge in [0.2, 0.25) is 5.91 Å². The van der Waals surface area contributed by atoms with Crippen molar-refractivity contribution in [1.29, 1.82) is 0 Å². The van der Waals surface area contributed by atoms with Crippen molar-refractivity contribution in [2.45, 2.75) is 12.8 Å². The minimum absolute atomic E-state index is 0.00414. The molecule has 0 heterocycles. The largest absolute Gasteiger partial charge is 0.496 e. The van der Waals surface area contributed by atoms with Gasteiger partial charge in [-0.05, 0) is 36.4 Å². The van der Waals surface area contributed by atoms with Crippen molar-refractivity contribution < 1.29 is 19.1 Å². The molecule has 0 aliphatic heterocycles. The molecule has 132 valence electrons. The molecular formula is C18H17Cl2NO4. The van der Waals surface area contributed by atoms with Crippen LogP contribution >= 0.6 is 23.2 Å². The molecule has 2 rings (SSSR count). The Kier molecular flexibility index (Phi) is 6.67. The highest BCUT2D eigenvalue weighted by molar-refractivity contribution is 6.31. The Morgan fingerprint density at radius 3 is 2.16 bits per heavy atom. The number of carbonyl (C=O) groups is 2. The van der Waals surface area contributed by atoms with E-state index in [9.17, 15) is 9.59 Å². The van der Waals surface area contributed by atoms with E-state index in [0.29, 0.717) is 32.8 Å². The highest BCUT2D eigenvalue weighted by atomic mass is 35.5. The van der Waals surface area contributed by atoms with Crippen LogP contribution in [0.2, 0.25) is 10.0 Å². The molecule has 0 aliphatic carbocycles. The van der Waals surface area contributed by atoms with Crippen LogP contribution in [0.4, 0.5) is 5.69 Å². The van der Waals surface area contributed by atoms with Gasteiger partial charge in [0.15, 0.2) is 5.78 Å². The highest BCUT2D eigenvalue weighted by Crippen LogP contribution is 2.28. The predicted octanol–water partition coefficient (Wildman–Crippen LogP) is 4.61. The van der Waals surface area contributed by atoms with E-state index in [1.807, 2.05) is 0 Å². The Hall–Kier alpha value is -2.24. The van der Waals surface area contributed by atoms with Crippen LogP contribution < -0.4 is 14.8 Å². The van der Waals surface area contributed by atoms with Gasteiger partial charge in [-0.25, -0.2) is 0 Å². The first-order chi connectivity index (χ1) is 11.9. The maximum absolute atomic E-state index is 12.3. The van der Waals surface area contributed by atoms with Crippen LogP contribution in [0.15, 0.2) is 36.4 Å². The molecule has 25 heavy (non-hydrogen) atoms. The molecule has 2 aromatic carbocycles. The number of amides is 1. The number of halogens is 2. The van der Waals surface area contributed by atoms with Crippen molar-refractivity contribution >= 4 is 40.6 Å². The first-order valence-electron chi connectivity index (χ1n) is 7.44. The fourth-order valence-corrected chi connectivity index (χ4v) is 2.59. The lowest BCUT2D eigenvalue weighted by Crippen LogP contribution is -2.14. The number of methoxy groups -OCH3 is 2. The quantitative estimate of drug-likeness (QED) is 0.711. The minimum atomic E-state index is -0.324. The summed E-state index contributed by atoms with van der Waals surface area (Å²) in [5, 5.41) is 3.59. The minimum Gasteiger partial charge on any atom is -0.496 e. The number of anilines is 1. The highest BCUT2D eigenvalue weighted by Gasteiger charge is 2.15. The number of ether oxygens (including phenoxy) is 2. The van der Waals surface area contributed by atoms with E-state index in [1.54, 1.807) is 30.3 Å². The van der Waals surface area contributed by atoms with Gasteiger partial charge in [-0.3, -0.25) is 9.59 Å². The molecule has 0 aromatic heterocycles. The summed E-state index contributed by atoms with van der Waals surface area (Å²) in [5.74, 6) is 0.356. The number of hydrogen-bond acceptors (Lipinski definition) is 4. The summed E-state index contributed by atoms with van der Waals surface area (Å²) < 4.78 is 10.3. The SMILES string of the molecule is COc1ccc(Cl)cc1NC(=O)CCC(=O)c1cc(Cl)ccc1OC. The van der Waals surface area contributed by atoms with Crippen molar-refractivity contribution in [3.8, 4) is 11.5 Å². The zero-order valence-corrected chi connectivity index (χ0v) is 15.3. The number of hydrogen-bond donors (Lipinski definition) is 1. The number of nitrogens with one attached hydrogen (secondary N) is 1. The molecule has 1 N–H and O–H groups in total. The maximum Gasteiger partial charge on any atom is 0.224 e. The molecule has 0 atom stereocenters. The van der Waals surface area contributed by atoms with Crippen molar-refractivity contribution in [1.82, 2.24) is 0 Å². The van der Waals surface area contributed by atoms with E-state index in [2.05, 4.69) is 5.32 Å². The van der Waals surface area contributed by atoms with Crippen molar-refractivity contribution in [2.24, 2.45) is 0 Å². The van der Waals surface area contributed by atoms with Crippen LogP contribution in [-0.4, -0.2) is 25.9 Å². The summed E-state index contributed by atoms with van der Waals surface area (Å²) in [7, 11) is 2.96. The lowest BCUT2D eigenvalue weighted by atomic mass is 10.1. The molecule has 0 aliphatic rings. The molecule has 0 saturated carbocycles. The Labute approximate surface area is 155 Å². The summed E-state index contributed by atoms with van der Waals surface area (Å²) in [4.78, 5) is 24.5. The lowest BCUT2D eigenvalue weighted by molar-refractivity contribution is -0.116. The van der Waals surface area contributed by atoms with Crippen LogP contribution in [0, 0.1) is 0 Å². The Morgan fingerprint density at radius 1 is 0.920 bits per heavy atom. The smallest absolute Gasteiger partial charge is 0.224 e. The van der Waals surface area contributed by atoms with Crippen LogP contribution in [0.25, 0.3) is 0 Å². The summed E-state index contributed by atoms with van der Waals surface area (Å²) in [6.07, 6.45) is 0.0234. The number of ketones is 1. The topological polar surface area (TPSA) is 64.6 Å². The Balaban J connectivity index is 2.02. The third-order valence-corrected chi connectivity index (χ3v) is 3.95. The second-order valence-electron chi connectivity index (χ2n) is 5.16. The van der Waals surface area contributed by atoms with Gasteiger partial charge < -0.3 is 14.8 Å². The molecule has 7 heteroatoms. The second-order valence-corrected chi connectivity index (χ2v) is 6.03. The van der Waals surface area contributed by atoms with E-state index in [4.69, 9.17) is 32.7 Å². The van der Waals surface area contributed by atoms with E-state index in [1.165, 1.54) is 20.3 Å². The Morgan fingerprint density at radius 2 is 1.52 bits per heavy atom. The van der Waals surface area contributed by atoms with Crippen LogP contribution in [-0.2, 0) is 4.79 Å². The lowest BCUT2D eigenvalue weighted by Gasteiger charge is -2.11. The van der Waals surface area contributed by atoms with Gasteiger partial charge in [0.1, 0.15) is 11.5 Å². The molecule has 0 spiro atoms. The molecule has 0 unspecified atom stereocenters. The van der Waals surface area contributed by atoms with Gasteiger partial charge in [0, 0.05) is 22.9 Å². The zero-order valence-electron chi connectivity index (χ0n) is 13.8. The molecule has 5 nitrogen and oxygen atoms in total. The average molecular weight is 382 g/mol. The standard InChI is InChI=1S/C18H17Cl2NO4/c1-24-16-6-3-11(19)9-13(16)15(22)5-8-18(23)21-14-10-12(20)4-7-17(14)25-2/h3-4,6-7,9-10H,5,8H2,1-2H3,(H,21,23). The average Bonchev–Trinajstić information content (AvgIpc) is 2.60. The zero-order chi connectivity index (χ0) is 18.4. The normalized spacial score (nSPS) is 10.2. The molecule has 0 bridgehead atoms. The summed E-state index contributed by atoms with van der Waals surface area (Å²) in [6.45, 7) is 0. The molecule has 1 amide bonds. The summed E-state index contributed by atoms with van der Waals surface area (Å²) >= 11 is 11.8. The number of carbonyl (C=O) groups excluding carboxylic acids is 2. The van der Waals surface area contributed by atoms with Gasteiger partial charge in [-0.15, -0.1) is 0 Å². The third-order valence-electron chi connectivity index (χ3n) is 3.48. The van der Waals surface area contributed by atoms with Crippen molar-refractivity contribution in [2.75, 3.05) is 19.5 Å². The first-order valence-corrected chi connectivity index (χ1v) is 8.20. The molecule has 0 saturated heterocycles. The molecule has 0 radical (unpaired) electrons. The van der Waals surface area contributed by atoms with Gasteiger partial charge in [0.25, 0.3) is 0 Å².